The lowest BCUT2D eigenvalue weighted by molar-refractivity contribution is 0.552. The summed E-state index contributed by atoms with van der Waals surface area (Å²) in [6, 6.07) is 2.49. The Morgan fingerprint density at radius 2 is 2.00 bits per heavy atom. The van der Waals surface area contributed by atoms with E-state index in [-0.39, 0.29) is 10.5 Å². The van der Waals surface area contributed by atoms with Crippen molar-refractivity contribution in [2.24, 2.45) is 5.10 Å². The molecular formula is C9H7BrF2N2. The van der Waals surface area contributed by atoms with E-state index in [4.69, 9.17) is 0 Å². The Morgan fingerprint density at radius 1 is 1.36 bits per heavy atom. The fourth-order valence-electron chi connectivity index (χ4n) is 1.34. The van der Waals surface area contributed by atoms with Crippen LogP contribution >= 0.6 is 15.9 Å². The van der Waals surface area contributed by atoms with Gasteiger partial charge in [0.15, 0.2) is 0 Å². The third-order valence-electron chi connectivity index (χ3n) is 2.07. The van der Waals surface area contributed by atoms with Crippen LogP contribution in [0.3, 0.4) is 0 Å². The molecule has 0 spiro atoms. The lowest BCUT2D eigenvalue weighted by Gasteiger charge is -2.10. The maximum atomic E-state index is 13.1. The second kappa shape index (κ2) is 3.65. The summed E-state index contributed by atoms with van der Waals surface area (Å²) < 4.78 is 26.2. The van der Waals surface area contributed by atoms with Crippen molar-refractivity contribution in [3.8, 4) is 0 Å². The van der Waals surface area contributed by atoms with Gasteiger partial charge >= 0.3 is 0 Å². The minimum absolute atomic E-state index is 0.118. The molecule has 2 rings (SSSR count). The van der Waals surface area contributed by atoms with Crippen molar-refractivity contribution in [1.82, 2.24) is 5.43 Å². The summed E-state index contributed by atoms with van der Waals surface area (Å²) in [7, 11) is 0. The second-order valence-corrected chi connectivity index (χ2v) is 3.82. The van der Waals surface area contributed by atoms with Gasteiger partial charge in [0.2, 0.25) is 0 Å². The fraction of sp³-hybridized carbons (Fsp3) is 0.222. The van der Waals surface area contributed by atoms with Crippen LogP contribution < -0.4 is 5.43 Å². The van der Waals surface area contributed by atoms with Crippen LogP contribution in [0.5, 0.6) is 0 Å². The van der Waals surface area contributed by atoms with Crippen LogP contribution in [0.4, 0.5) is 8.78 Å². The van der Waals surface area contributed by atoms with Gasteiger partial charge in [0.05, 0.1) is 10.5 Å². The first kappa shape index (κ1) is 9.58. The van der Waals surface area contributed by atoms with E-state index in [1.165, 1.54) is 12.1 Å². The molecule has 1 unspecified atom stereocenters. The van der Waals surface area contributed by atoms with Gasteiger partial charge in [0, 0.05) is 12.6 Å². The molecule has 0 radical (unpaired) electrons. The zero-order valence-electron chi connectivity index (χ0n) is 7.10. The standard InChI is InChI=1S/C9H7BrF2N2/c10-9-6(11)3-5(4-7(9)12)8-1-2-13-14-8/h2-4,8,14H,1H2. The van der Waals surface area contributed by atoms with Crippen molar-refractivity contribution in [1.29, 1.82) is 0 Å². The van der Waals surface area contributed by atoms with Gasteiger partial charge < -0.3 is 5.43 Å². The van der Waals surface area contributed by atoms with Gasteiger partial charge in [-0.05, 0) is 33.6 Å². The predicted molar refractivity (Wildman–Crippen MR) is 53.0 cm³/mol. The minimum Gasteiger partial charge on any atom is -0.303 e. The van der Waals surface area contributed by atoms with Crippen molar-refractivity contribution in [2.45, 2.75) is 12.5 Å². The molecule has 0 aliphatic carbocycles. The average Bonchev–Trinajstić information content (AvgIpc) is 2.66. The van der Waals surface area contributed by atoms with Crippen molar-refractivity contribution in [3.05, 3.63) is 33.8 Å². The Labute approximate surface area is 88.1 Å². The molecule has 0 saturated heterocycles. The number of nitrogens with zero attached hydrogens (tertiary/aromatic N) is 1. The molecule has 1 aromatic carbocycles. The van der Waals surface area contributed by atoms with Crippen LogP contribution in [0, 0.1) is 11.6 Å². The maximum Gasteiger partial charge on any atom is 0.140 e. The number of rotatable bonds is 1. The van der Waals surface area contributed by atoms with Gasteiger partial charge in [-0.25, -0.2) is 8.78 Å². The van der Waals surface area contributed by atoms with Crippen molar-refractivity contribution >= 4 is 22.1 Å². The average molecular weight is 261 g/mol. The fourth-order valence-corrected chi connectivity index (χ4v) is 1.57. The SMILES string of the molecule is Fc1cc(C2CC=NN2)cc(F)c1Br. The predicted octanol–water partition coefficient (Wildman–Crippen LogP) is 2.75. The molecule has 0 fully saturated rings. The topological polar surface area (TPSA) is 24.4 Å². The highest BCUT2D eigenvalue weighted by Gasteiger charge is 2.17. The number of halogens is 3. The lowest BCUT2D eigenvalue weighted by atomic mass is 10.1. The lowest BCUT2D eigenvalue weighted by Crippen LogP contribution is -2.10. The van der Waals surface area contributed by atoms with Gasteiger partial charge in [0.1, 0.15) is 11.6 Å². The molecule has 5 heteroatoms. The molecule has 1 aliphatic heterocycles. The summed E-state index contributed by atoms with van der Waals surface area (Å²) in [6.07, 6.45) is 2.34. The Kier molecular flexibility index (Phi) is 2.50. The van der Waals surface area contributed by atoms with Crippen LogP contribution in [0.1, 0.15) is 18.0 Å². The first-order valence-electron chi connectivity index (χ1n) is 4.10. The van der Waals surface area contributed by atoms with E-state index in [1.54, 1.807) is 6.21 Å². The van der Waals surface area contributed by atoms with E-state index in [2.05, 4.69) is 26.5 Å². The number of benzene rings is 1. The molecule has 1 aromatic rings. The van der Waals surface area contributed by atoms with E-state index >= 15 is 0 Å². The summed E-state index contributed by atoms with van der Waals surface area (Å²) in [6.45, 7) is 0. The Balaban J connectivity index is 2.35. The van der Waals surface area contributed by atoms with Crippen molar-refractivity contribution in [2.75, 3.05) is 0 Å². The molecule has 1 atom stereocenters. The third-order valence-corrected chi connectivity index (χ3v) is 2.83. The molecule has 1 heterocycles. The van der Waals surface area contributed by atoms with Crippen LogP contribution in [0.25, 0.3) is 0 Å². The molecule has 0 aromatic heterocycles. The van der Waals surface area contributed by atoms with E-state index in [0.29, 0.717) is 12.0 Å². The van der Waals surface area contributed by atoms with Gasteiger partial charge in [-0.2, -0.15) is 5.10 Å². The monoisotopic (exact) mass is 260 g/mol. The highest BCUT2D eigenvalue weighted by molar-refractivity contribution is 9.10. The van der Waals surface area contributed by atoms with Gasteiger partial charge in [-0.3, -0.25) is 0 Å². The van der Waals surface area contributed by atoms with Crippen molar-refractivity contribution < 1.29 is 8.78 Å². The number of hydrogen-bond donors (Lipinski definition) is 1. The molecule has 2 nitrogen and oxygen atoms in total. The molecular weight excluding hydrogens is 254 g/mol. The van der Waals surface area contributed by atoms with E-state index < -0.39 is 11.6 Å². The van der Waals surface area contributed by atoms with Gasteiger partial charge in [-0.1, -0.05) is 0 Å². The summed E-state index contributed by atoms with van der Waals surface area (Å²) in [5.41, 5.74) is 3.34. The van der Waals surface area contributed by atoms with Crippen molar-refractivity contribution in [3.63, 3.8) is 0 Å². The molecule has 14 heavy (non-hydrogen) atoms. The van der Waals surface area contributed by atoms with Gasteiger partial charge in [0.25, 0.3) is 0 Å². The summed E-state index contributed by atoms with van der Waals surface area (Å²) in [5.74, 6) is -1.18. The summed E-state index contributed by atoms with van der Waals surface area (Å²) in [5, 5.41) is 3.79. The minimum atomic E-state index is -0.589. The quantitative estimate of drug-likeness (QED) is 0.772. The zero-order valence-corrected chi connectivity index (χ0v) is 8.68. The zero-order chi connectivity index (χ0) is 10.1. The molecule has 1 N–H and O–H groups in total. The van der Waals surface area contributed by atoms with Crippen LogP contribution in [-0.2, 0) is 0 Å². The van der Waals surface area contributed by atoms with Gasteiger partial charge in [-0.15, -0.1) is 0 Å². The van der Waals surface area contributed by atoms with Crippen LogP contribution in [0.2, 0.25) is 0 Å². The summed E-state index contributed by atoms with van der Waals surface area (Å²) >= 11 is 2.82. The highest BCUT2D eigenvalue weighted by atomic mass is 79.9. The first-order valence-corrected chi connectivity index (χ1v) is 4.89. The highest BCUT2D eigenvalue weighted by Crippen LogP contribution is 2.26. The molecule has 0 saturated carbocycles. The Morgan fingerprint density at radius 3 is 2.50 bits per heavy atom. The number of hydrazone groups is 1. The molecule has 0 bridgehead atoms. The normalized spacial score (nSPS) is 19.8. The van der Waals surface area contributed by atoms with Crippen LogP contribution in [0.15, 0.2) is 21.7 Å². The van der Waals surface area contributed by atoms with Crippen LogP contribution in [-0.4, -0.2) is 6.21 Å². The largest absolute Gasteiger partial charge is 0.303 e. The Bertz CT molecular complexity index is 361. The number of nitrogens with one attached hydrogen (secondary N) is 1. The second-order valence-electron chi connectivity index (χ2n) is 3.03. The number of hydrogen-bond acceptors (Lipinski definition) is 2. The first-order chi connectivity index (χ1) is 6.68. The Hall–Kier alpha value is -0.970. The third kappa shape index (κ3) is 1.64. The maximum absolute atomic E-state index is 13.1. The molecule has 0 amide bonds. The smallest absolute Gasteiger partial charge is 0.140 e. The summed E-state index contributed by atoms with van der Waals surface area (Å²) in [4.78, 5) is 0. The molecule has 1 aliphatic rings. The van der Waals surface area contributed by atoms with E-state index in [1.807, 2.05) is 0 Å². The molecule has 74 valence electrons. The van der Waals surface area contributed by atoms with E-state index in [9.17, 15) is 8.78 Å². The van der Waals surface area contributed by atoms with E-state index in [0.717, 1.165) is 0 Å².